The third kappa shape index (κ3) is 4.51. The number of aliphatic hydroxyl groups is 1. The van der Waals surface area contributed by atoms with Crippen molar-refractivity contribution < 1.29 is 19.5 Å². The molecular formula is C17H22BClN4O4. The lowest BCUT2D eigenvalue weighted by Gasteiger charge is -2.27. The Morgan fingerprint density at radius 2 is 2.19 bits per heavy atom. The van der Waals surface area contributed by atoms with Gasteiger partial charge in [0, 0.05) is 29.9 Å². The van der Waals surface area contributed by atoms with Crippen LogP contribution in [0.1, 0.15) is 24.0 Å². The van der Waals surface area contributed by atoms with Crippen molar-refractivity contribution >= 4 is 42.4 Å². The van der Waals surface area contributed by atoms with Crippen molar-refractivity contribution in [3.63, 3.8) is 0 Å². The lowest BCUT2D eigenvalue weighted by atomic mass is 9.79. The molecule has 144 valence electrons. The number of aromatic nitrogens is 2. The molecule has 0 spiro atoms. The molecular weight excluding hydrogens is 370 g/mol. The number of hydrogen-bond acceptors (Lipinski definition) is 8. The molecule has 10 heteroatoms. The van der Waals surface area contributed by atoms with Crippen LogP contribution in [0.25, 0.3) is 0 Å². The SMILES string of the molecule is Cc1cnc(Nc2ccc3c(c2)COB3O)nc1NC1CCOC(O)C1.Cl. The molecule has 2 unspecified atom stereocenters. The molecule has 0 bridgehead atoms. The van der Waals surface area contributed by atoms with Crippen LogP contribution in [-0.2, 0) is 16.0 Å². The highest BCUT2D eigenvalue weighted by atomic mass is 35.5. The van der Waals surface area contributed by atoms with Crippen LogP contribution in [0.3, 0.4) is 0 Å². The van der Waals surface area contributed by atoms with E-state index in [9.17, 15) is 10.1 Å². The van der Waals surface area contributed by atoms with E-state index in [4.69, 9.17) is 9.39 Å². The van der Waals surface area contributed by atoms with Crippen LogP contribution in [0.2, 0.25) is 0 Å². The number of anilines is 3. The van der Waals surface area contributed by atoms with Crippen molar-refractivity contribution in [1.82, 2.24) is 9.97 Å². The van der Waals surface area contributed by atoms with Crippen molar-refractivity contribution in [3.8, 4) is 0 Å². The Hall–Kier alpha value is -1.91. The molecule has 0 saturated carbocycles. The van der Waals surface area contributed by atoms with Gasteiger partial charge in [-0.05, 0) is 36.5 Å². The summed E-state index contributed by atoms with van der Waals surface area (Å²) >= 11 is 0. The first kappa shape index (κ1) is 19.8. The van der Waals surface area contributed by atoms with Gasteiger partial charge in [-0.25, -0.2) is 4.98 Å². The summed E-state index contributed by atoms with van der Waals surface area (Å²) in [7, 11) is -0.847. The van der Waals surface area contributed by atoms with E-state index in [0.29, 0.717) is 25.6 Å². The molecule has 4 rings (SSSR count). The van der Waals surface area contributed by atoms with Gasteiger partial charge in [0.1, 0.15) is 5.82 Å². The standard InChI is InChI=1S/C17H21BN4O4.ClH/c1-10-8-19-17(22-16(10)20-13-4-5-25-15(23)7-13)21-12-2-3-14-11(6-12)9-26-18(14)24;/h2-3,6,8,13,15,23-24H,4-5,7,9H2,1H3,(H2,19,20,21,22);1H. The van der Waals surface area contributed by atoms with E-state index in [-0.39, 0.29) is 18.4 Å². The van der Waals surface area contributed by atoms with Crippen LogP contribution in [-0.4, -0.2) is 46.2 Å². The maximum Gasteiger partial charge on any atom is 0.491 e. The van der Waals surface area contributed by atoms with E-state index in [0.717, 1.165) is 34.5 Å². The number of aryl methyl sites for hydroxylation is 1. The normalized spacial score (nSPS) is 21.4. The fraction of sp³-hybridized carbons (Fsp3) is 0.412. The predicted molar refractivity (Wildman–Crippen MR) is 105 cm³/mol. The average Bonchev–Trinajstić information content (AvgIpc) is 2.98. The first-order valence-electron chi connectivity index (χ1n) is 8.68. The Labute approximate surface area is 163 Å². The minimum absolute atomic E-state index is 0. The number of rotatable bonds is 4. The third-order valence-electron chi connectivity index (χ3n) is 4.64. The van der Waals surface area contributed by atoms with Gasteiger partial charge in [-0.2, -0.15) is 4.98 Å². The second-order valence-electron chi connectivity index (χ2n) is 6.62. The number of fused-ring (bicyclic) bond motifs is 1. The molecule has 0 aliphatic carbocycles. The monoisotopic (exact) mass is 392 g/mol. The molecule has 0 amide bonds. The fourth-order valence-corrected chi connectivity index (χ4v) is 3.19. The zero-order valence-corrected chi connectivity index (χ0v) is 15.7. The van der Waals surface area contributed by atoms with E-state index in [2.05, 4.69) is 20.6 Å². The lowest BCUT2D eigenvalue weighted by Crippen LogP contribution is -2.34. The summed E-state index contributed by atoms with van der Waals surface area (Å²) in [5.74, 6) is 1.21. The first-order valence-corrected chi connectivity index (χ1v) is 8.68. The van der Waals surface area contributed by atoms with Crippen LogP contribution < -0.4 is 16.1 Å². The highest BCUT2D eigenvalue weighted by Gasteiger charge is 2.27. The lowest BCUT2D eigenvalue weighted by molar-refractivity contribution is -0.126. The van der Waals surface area contributed by atoms with Crippen LogP contribution >= 0.6 is 12.4 Å². The number of nitrogens with one attached hydrogen (secondary N) is 2. The number of nitrogens with zero attached hydrogens (tertiary/aromatic N) is 2. The minimum Gasteiger partial charge on any atom is -0.423 e. The minimum atomic E-state index is -0.847. The molecule has 2 aliphatic heterocycles. The number of benzene rings is 1. The van der Waals surface area contributed by atoms with Crippen LogP contribution in [0.15, 0.2) is 24.4 Å². The van der Waals surface area contributed by atoms with Gasteiger partial charge < -0.3 is 30.2 Å². The maximum atomic E-state index is 9.70. The highest BCUT2D eigenvalue weighted by Crippen LogP contribution is 2.22. The number of ether oxygens (including phenoxy) is 1. The Balaban J connectivity index is 0.00000210. The van der Waals surface area contributed by atoms with Gasteiger partial charge in [-0.15, -0.1) is 12.4 Å². The number of hydrogen-bond donors (Lipinski definition) is 4. The maximum absolute atomic E-state index is 9.70. The smallest absolute Gasteiger partial charge is 0.423 e. The summed E-state index contributed by atoms with van der Waals surface area (Å²) < 4.78 is 10.4. The molecule has 4 N–H and O–H groups in total. The van der Waals surface area contributed by atoms with Crippen LogP contribution in [0, 0.1) is 6.92 Å². The molecule has 0 radical (unpaired) electrons. The summed E-state index contributed by atoms with van der Waals surface area (Å²) in [5, 5.41) is 25.9. The van der Waals surface area contributed by atoms with Gasteiger partial charge in [0.2, 0.25) is 5.95 Å². The molecule has 8 nitrogen and oxygen atoms in total. The topological polar surface area (TPSA) is 109 Å². The van der Waals surface area contributed by atoms with E-state index < -0.39 is 13.4 Å². The summed E-state index contributed by atoms with van der Waals surface area (Å²) in [6.07, 6.45) is 2.37. The second-order valence-corrected chi connectivity index (χ2v) is 6.62. The van der Waals surface area contributed by atoms with E-state index in [1.54, 1.807) is 6.20 Å². The largest absolute Gasteiger partial charge is 0.491 e. The first-order chi connectivity index (χ1) is 12.6. The molecule has 2 atom stereocenters. The van der Waals surface area contributed by atoms with E-state index in [1.807, 2.05) is 25.1 Å². The van der Waals surface area contributed by atoms with Gasteiger partial charge in [0.25, 0.3) is 0 Å². The molecule has 1 aromatic heterocycles. The van der Waals surface area contributed by atoms with Crippen LogP contribution in [0.5, 0.6) is 0 Å². The van der Waals surface area contributed by atoms with Crippen molar-refractivity contribution in [2.45, 2.75) is 38.7 Å². The molecule has 27 heavy (non-hydrogen) atoms. The molecule has 2 aliphatic rings. The van der Waals surface area contributed by atoms with Gasteiger partial charge >= 0.3 is 7.12 Å². The van der Waals surface area contributed by atoms with E-state index in [1.165, 1.54) is 0 Å². The third-order valence-corrected chi connectivity index (χ3v) is 4.64. The van der Waals surface area contributed by atoms with E-state index >= 15 is 0 Å². The summed E-state index contributed by atoms with van der Waals surface area (Å²) in [6, 6.07) is 5.74. The van der Waals surface area contributed by atoms with Crippen molar-refractivity contribution in [2.24, 2.45) is 0 Å². The van der Waals surface area contributed by atoms with Crippen molar-refractivity contribution in [3.05, 3.63) is 35.5 Å². The Bertz CT molecular complexity index is 812. The molecule has 1 saturated heterocycles. The Kier molecular flexibility index (Phi) is 6.18. The predicted octanol–water partition coefficient (Wildman–Crippen LogP) is 1.08. The number of halogens is 1. The Morgan fingerprint density at radius 1 is 1.33 bits per heavy atom. The van der Waals surface area contributed by atoms with Crippen molar-refractivity contribution in [1.29, 1.82) is 0 Å². The van der Waals surface area contributed by atoms with Crippen molar-refractivity contribution in [2.75, 3.05) is 17.2 Å². The van der Waals surface area contributed by atoms with Crippen LogP contribution in [0.4, 0.5) is 17.5 Å². The molecule has 1 fully saturated rings. The fourth-order valence-electron chi connectivity index (χ4n) is 3.19. The zero-order valence-electron chi connectivity index (χ0n) is 14.9. The second kappa shape index (κ2) is 8.41. The summed E-state index contributed by atoms with van der Waals surface area (Å²) in [4.78, 5) is 8.89. The Morgan fingerprint density at radius 3 is 3.00 bits per heavy atom. The summed E-state index contributed by atoms with van der Waals surface area (Å²) in [6.45, 7) is 2.85. The van der Waals surface area contributed by atoms with Gasteiger partial charge in [-0.3, -0.25) is 0 Å². The highest BCUT2D eigenvalue weighted by molar-refractivity contribution is 6.61. The molecule has 3 heterocycles. The zero-order chi connectivity index (χ0) is 18.1. The molecule has 2 aromatic rings. The van der Waals surface area contributed by atoms with Gasteiger partial charge in [-0.1, -0.05) is 6.07 Å². The summed E-state index contributed by atoms with van der Waals surface area (Å²) in [5.41, 5.74) is 3.50. The van der Waals surface area contributed by atoms with Gasteiger partial charge in [0.05, 0.1) is 13.2 Å². The molecule has 1 aromatic carbocycles. The number of aliphatic hydroxyl groups excluding tert-OH is 1. The van der Waals surface area contributed by atoms with Gasteiger partial charge in [0.15, 0.2) is 6.29 Å². The average molecular weight is 393 g/mol. The quantitative estimate of drug-likeness (QED) is 0.572.